The molecule has 3 aromatic rings. The van der Waals surface area contributed by atoms with E-state index in [4.69, 9.17) is 0 Å². The molecule has 1 saturated heterocycles. The van der Waals surface area contributed by atoms with Crippen molar-refractivity contribution in [3.63, 3.8) is 0 Å². The normalized spacial score (nSPS) is 18.0. The molecule has 5 nitrogen and oxygen atoms in total. The van der Waals surface area contributed by atoms with Gasteiger partial charge in [-0.2, -0.15) is 0 Å². The highest BCUT2D eigenvalue weighted by atomic mass is 16.3. The Hall–Kier alpha value is -2.66. The number of benzene rings is 2. The van der Waals surface area contributed by atoms with E-state index in [9.17, 15) is 5.11 Å². The fourth-order valence-corrected chi connectivity index (χ4v) is 3.88. The van der Waals surface area contributed by atoms with Gasteiger partial charge in [-0.15, -0.1) is 10.2 Å². The number of fused-ring (bicyclic) bond motifs is 1. The standard InChI is InChI=1S/C22H26N4O/c1-14-11-19(20(27)12-15(14)2)21-17-8-4-5-9-18(17)22(25-24-21)23-16-7-6-10-26(3)13-16/h4-5,8-9,11-12,16,27H,6-7,10,13H2,1-3H3,(H,23,25). The van der Waals surface area contributed by atoms with E-state index >= 15 is 0 Å². The monoisotopic (exact) mass is 362 g/mol. The van der Waals surface area contributed by atoms with Crippen LogP contribution in [0.25, 0.3) is 22.0 Å². The second kappa shape index (κ2) is 7.16. The van der Waals surface area contributed by atoms with Crippen molar-refractivity contribution in [2.45, 2.75) is 32.7 Å². The van der Waals surface area contributed by atoms with Gasteiger partial charge in [0.2, 0.25) is 0 Å². The average molecular weight is 362 g/mol. The number of hydrogen-bond donors (Lipinski definition) is 2. The lowest BCUT2D eigenvalue weighted by molar-refractivity contribution is 0.261. The van der Waals surface area contributed by atoms with Crippen LogP contribution in [0.3, 0.4) is 0 Å². The number of anilines is 1. The number of likely N-dealkylation sites (tertiary alicyclic amines) is 1. The molecule has 0 radical (unpaired) electrons. The number of likely N-dealkylation sites (N-methyl/N-ethyl adjacent to an activating group) is 1. The third-order valence-corrected chi connectivity index (χ3v) is 5.52. The Morgan fingerprint density at radius 1 is 1.07 bits per heavy atom. The molecule has 1 atom stereocenters. The predicted octanol–water partition coefficient (Wildman–Crippen LogP) is 4.13. The van der Waals surface area contributed by atoms with E-state index in [1.807, 2.05) is 38.1 Å². The smallest absolute Gasteiger partial charge is 0.156 e. The molecule has 1 aliphatic heterocycles. The molecule has 0 spiro atoms. The van der Waals surface area contributed by atoms with Gasteiger partial charge in [0.1, 0.15) is 11.4 Å². The van der Waals surface area contributed by atoms with E-state index in [0.717, 1.165) is 58.5 Å². The van der Waals surface area contributed by atoms with Crippen LogP contribution in [-0.2, 0) is 0 Å². The molecule has 140 valence electrons. The number of nitrogens with zero attached hydrogens (tertiary/aromatic N) is 3. The maximum absolute atomic E-state index is 10.5. The molecule has 4 rings (SSSR count). The third-order valence-electron chi connectivity index (χ3n) is 5.52. The van der Waals surface area contributed by atoms with E-state index in [-0.39, 0.29) is 5.75 Å². The molecule has 0 amide bonds. The van der Waals surface area contributed by atoms with Gasteiger partial charge in [-0.3, -0.25) is 0 Å². The molecule has 1 aliphatic rings. The van der Waals surface area contributed by atoms with E-state index in [2.05, 4.69) is 33.5 Å². The summed E-state index contributed by atoms with van der Waals surface area (Å²) in [5, 5.41) is 25.1. The second-order valence-corrected chi connectivity index (χ2v) is 7.64. The molecule has 27 heavy (non-hydrogen) atoms. The molecule has 0 saturated carbocycles. The van der Waals surface area contributed by atoms with E-state index in [0.29, 0.717) is 6.04 Å². The topological polar surface area (TPSA) is 61.3 Å². The van der Waals surface area contributed by atoms with Gasteiger partial charge >= 0.3 is 0 Å². The molecular weight excluding hydrogens is 336 g/mol. The van der Waals surface area contributed by atoms with Gasteiger partial charge in [-0.05, 0) is 63.5 Å². The first-order valence-electron chi connectivity index (χ1n) is 9.54. The van der Waals surface area contributed by atoms with Crippen molar-refractivity contribution >= 4 is 16.6 Å². The van der Waals surface area contributed by atoms with Crippen molar-refractivity contribution in [3.8, 4) is 17.0 Å². The maximum atomic E-state index is 10.5. The summed E-state index contributed by atoms with van der Waals surface area (Å²) in [6.07, 6.45) is 2.33. The van der Waals surface area contributed by atoms with Crippen molar-refractivity contribution in [1.82, 2.24) is 15.1 Å². The van der Waals surface area contributed by atoms with Crippen LogP contribution in [0.5, 0.6) is 5.75 Å². The Bertz CT molecular complexity index is 985. The van der Waals surface area contributed by atoms with Crippen LogP contribution in [0, 0.1) is 13.8 Å². The minimum absolute atomic E-state index is 0.243. The largest absolute Gasteiger partial charge is 0.507 e. The van der Waals surface area contributed by atoms with Gasteiger partial charge in [0.15, 0.2) is 5.82 Å². The number of rotatable bonds is 3. The Morgan fingerprint density at radius 3 is 2.59 bits per heavy atom. The zero-order valence-electron chi connectivity index (χ0n) is 16.2. The molecule has 0 aliphatic carbocycles. The van der Waals surface area contributed by atoms with Gasteiger partial charge in [0.25, 0.3) is 0 Å². The van der Waals surface area contributed by atoms with E-state index in [1.54, 1.807) is 6.07 Å². The van der Waals surface area contributed by atoms with Gasteiger partial charge in [0.05, 0.1) is 0 Å². The summed E-state index contributed by atoms with van der Waals surface area (Å²) < 4.78 is 0. The van der Waals surface area contributed by atoms with Crippen LogP contribution < -0.4 is 5.32 Å². The Kier molecular flexibility index (Phi) is 4.70. The first kappa shape index (κ1) is 17.7. The summed E-state index contributed by atoms with van der Waals surface area (Å²) in [7, 11) is 2.16. The fraction of sp³-hybridized carbons (Fsp3) is 0.364. The van der Waals surface area contributed by atoms with Crippen LogP contribution in [0.1, 0.15) is 24.0 Å². The lowest BCUT2D eigenvalue weighted by atomic mass is 9.99. The first-order valence-corrected chi connectivity index (χ1v) is 9.54. The fourth-order valence-electron chi connectivity index (χ4n) is 3.88. The number of phenols is 1. The van der Waals surface area contributed by atoms with Crippen LogP contribution in [0.2, 0.25) is 0 Å². The SMILES string of the molecule is Cc1cc(O)c(-c2nnc(NC3CCCN(C)C3)c3ccccc23)cc1C. The van der Waals surface area contributed by atoms with Gasteiger partial charge in [-0.1, -0.05) is 24.3 Å². The lowest BCUT2D eigenvalue weighted by Crippen LogP contribution is -2.40. The molecule has 2 heterocycles. The van der Waals surface area contributed by atoms with E-state index < -0.39 is 0 Å². The predicted molar refractivity (Wildman–Crippen MR) is 110 cm³/mol. The number of piperidine rings is 1. The quantitative estimate of drug-likeness (QED) is 0.734. The molecular formula is C22H26N4O. The molecule has 2 aromatic carbocycles. The van der Waals surface area contributed by atoms with Crippen molar-refractivity contribution in [2.75, 3.05) is 25.5 Å². The minimum atomic E-state index is 0.243. The zero-order chi connectivity index (χ0) is 19.0. The molecule has 2 N–H and O–H groups in total. The number of hydrogen-bond acceptors (Lipinski definition) is 5. The third kappa shape index (κ3) is 3.47. The summed E-state index contributed by atoms with van der Waals surface area (Å²) in [5.74, 6) is 1.06. The highest BCUT2D eigenvalue weighted by Gasteiger charge is 2.20. The number of aromatic hydroxyl groups is 1. The summed E-state index contributed by atoms with van der Waals surface area (Å²) >= 11 is 0. The molecule has 1 aromatic heterocycles. The van der Waals surface area contributed by atoms with Gasteiger partial charge < -0.3 is 15.3 Å². The highest BCUT2D eigenvalue weighted by molar-refractivity contribution is 6.01. The summed E-state index contributed by atoms with van der Waals surface area (Å²) in [6.45, 7) is 6.20. The highest BCUT2D eigenvalue weighted by Crippen LogP contribution is 2.36. The Labute approximate surface area is 160 Å². The van der Waals surface area contributed by atoms with Crippen molar-refractivity contribution in [1.29, 1.82) is 0 Å². The van der Waals surface area contributed by atoms with Crippen LogP contribution in [0.15, 0.2) is 36.4 Å². The van der Waals surface area contributed by atoms with Crippen molar-refractivity contribution in [3.05, 3.63) is 47.5 Å². The van der Waals surface area contributed by atoms with Gasteiger partial charge in [0, 0.05) is 28.9 Å². The van der Waals surface area contributed by atoms with E-state index in [1.165, 1.54) is 6.42 Å². The molecule has 1 unspecified atom stereocenters. The number of nitrogens with one attached hydrogen (secondary N) is 1. The summed E-state index contributed by atoms with van der Waals surface area (Å²) in [5.41, 5.74) is 3.64. The summed E-state index contributed by atoms with van der Waals surface area (Å²) in [4.78, 5) is 2.35. The van der Waals surface area contributed by atoms with Crippen molar-refractivity contribution < 1.29 is 5.11 Å². The zero-order valence-corrected chi connectivity index (χ0v) is 16.2. The number of phenolic OH excluding ortho intramolecular Hbond substituents is 1. The summed E-state index contributed by atoms with van der Waals surface area (Å²) in [6, 6.07) is 12.3. The molecule has 5 heteroatoms. The average Bonchev–Trinajstić information content (AvgIpc) is 2.65. The number of aromatic nitrogens is 2. The molecule has 0 bridgehead atoms. The first-order chi connectivity index (χ1) is 13.0. The van der Waals surface area contributed by atoms with Crippen molar-refractivity contribution in [2.24, 2.45) is 0 Å². The maximum Gasteiger partial charge on any atom is 0.156 e. The van der Waals surface area contributed by atoms with Crippen LogP contribution >= 0.6 is 0 Å². The Balaban J connectivity index is 1.78. The lowest BCUT2D eigenvalue weighted by Gasteiger charge is -2.30. The molecule has 1 fully saturated rings. The second-order valence-electron chi connectivity index (χ2n) is 7.64. The number of aryl methyl sites for hydroxylation is 2. The Morgan fingerprint density at radius 2 is 1.81 bits per heavy atom. The van der Waals surface area contributed by atoms with Gasteiger partial charge in [-0.25, -0.2) is 0 Å². The van der Waals surface area contributed by atoms with Crippen LogP contribution in [0.4, 0.5) is 5.82 Å². The van der Waals surface area contributed by atoms with Crippen LogP contribution in [-0.4, -0.2) is 46.4 Å². The minimum Gasteiger partial charge on any atom is -0.507 e.